The summed E-state index contributed by atoms with van der Waals surface area (Å²) >= 11 is 0. The molecule has 4 heteroatoms. The highest BCUT2D eigenvalue weighted by atomic mass is 16.5. The van der Waals surface area contributed by atoms with Gasteiger partial charge in [0.05, 0.1) is 14.2 Å². The first-order valence-corrected chi connectivity index (χ1v) is 9.37. The predicted octanol–water partition coefficient (Wildman–Crippen LogP) is 4.90. The van der Waals surface area contributed by atoms with Gasteiger partial charge in [-0.3, -0.25) is 4.90 Å². The lowest BCUT2D eigenvalue weighted by atomic mass is 10.00. The van der Waals surface area contributed by atoms with Crippen LogP contribution in [0.25, 0.3) is 10.8 Å². The molecule has 0 amide bonds. The Kier molecular flexibility index (Phi) is 4.90. The van der Waals surface area contributed by atoms with E-state index in [0.717, 1.165) is 52.8 Å². The summed E-state index contributed by atoms with van der Waals surface area (Å²) in [4.78, 5) is 2.43. The van der Waals surface area contributed by atoms with E-state index in [2.05, 4.69) is 23.1 Å². The molecule has 1 heterocycles. The standard InChI is InChI=1S/C23H25NO3/c1-26-17-10-12-23(27-2)19(14-17)21-8-5-13-24(21)15-20-18-7-4-3-6-16(18)9-11-22(20)25/h3-4,6-7,9-12,14,21,25H,5,8,13,15H2,1-2H3/t21-/m1/s1. The zero-order valence-electron chi connectivity index (χ0n) is 15.8. The Morgan fingerprint density at radius 3 is 2.70 bits per heavy atom. The molecule has 3 aromatic rings. The van der Waals surface area contributed by atoms with E-state index in [0.29, 0.717) is 12.3 Å². The predicted molar refractivity (Wildman–Crippen MR) is 108 cm³/mol. The van der Waals surface area contributed by atoms with Crippen LogP contribution in [0.5, 0.6) is 17.2 Å². The molecular formula is C23H25NO3. The van der Waals surface area contributed by atoms with Crippen molar-refractivity contribution < 1.29 is 14.6 Å². The van der Waals surface area contributed by atoms with Crippen molar-refractivity contribution in [2.24, 2.45) is 0 Å². The topological polar surface area (TPSA) is 41.9 Å². The van der Waals surface area contributed by atoms with Crippen molar-refractivity contribution in [3.8, 4) is 17.2 Å². The second-order valence-electron chi connectivity index (χ2n) is 7.02. The summed E-state index contributed by atoms with van der Waals surface area (Å²) in [5.41, 5.74) is 2.14. The van der Waals surface area contributed by atoms with Gasteiger partial charge in [0.1, 0.15) is 17.2 Å². The minimum absolute atomic E-state index is 0.244. The Morgan fingerprint density at radius 2 is 1.89 bits per heavy atom. The highest BCUT2D eigenvalue weighted by molar-refractivity contribution is 5.87. The number of methoxy groups -OCH3 is 2. The molecule has 4 rings (SSSR count). The van der Waals surface area contributed by atoms with Gasteiger partial charge in [-0.05, 0) is 54.4 Å². The molecule has 1 saturated heterocycles. The van der Waals surface area contributed by atoms with E-state index in [-0.39, 0.29) is 6.04 Å². The molecular weight excluding hydrogens is 338 g/mol. The van der Waals surface area contributed by atoms with Crippen molar-refractivity contribution in [1.82, 2.24) is 4.90 Å². The summed E-state index contributed by atoms with van der Waals surface area (Å²) < 4.78 is 11.0. The number of nitrogens with zero attached hydrogens (tertiary/aromatic N) is 1. The number of hydrogen-bond donors (Lipinski definition) is 1. The molecule has 0 aliphatic carbocycles. The summed E-state index contributed by atoms with van der Waals surface area (Å²) in [6.45, 7) is 1.70. The van der Waals surface area contributed by atoms with Gasteiger partial charge in [-0.25, -0.2) is 0 Å². The molecule has 0 saturated carbocycles. The molecule has 1 aliphatic rings. The van der Waals surface area contributed by atoms with Gasteiger partial charge in [0.25, 0.3) is 0 Å². The van der Waals surface area contributed by atoms with Gasteiger partial charge in [0, 0.05) is 23.7 Å². The number of likely N-dealkylation sites (tertiary alicyclic amines) is 1. The SMILES string of the molecule is COc1ccc(OC)c([C@H]2CCCN2Cc2c(O)ccc3ccccc23)c1. The van der Waals surface area contributed by atoms with Crippen LogP contribution in [0.2, 0.25) is 0 Å². The fraction of sp³-hybridized carbons (Fsp3) is 0.304. The average Bonchev–Trinajstić information content (AvgIpc) is 3.17. The van der Waals surface area contributed by atoms with Crippen LogP contribution >= 0.6 is 0 Å². The molecule has 1 fully saturated rings. The minimum atomic E-state index is 0.244. The minimum Gasteiger partial charge on any atom is -0.508 e. The number of rotatable bonds is 5. The maximum Gasteiger partial charge on any atom is 0.123 e. The molecule has 0 radical (unpaired) electrons. The first-order valence-electron chi connectivity index (χ1n) is 9.37. The van der Waals surface area contributed by atoms with Crippen molar-refractivity contribution in [2.45, 2.75) is 25.4 Å². The third kappa shape index (κ3) is 3.33. The van der Waals surface area contributed by atoms with E-state index < -0.39 is 0 Å². The fourth-order valence-corrected chi connectivity index (χ4v) is 4.16. The lowest BCUT2D eigenvalue weighted by Crippen LogP contribution is -2.23. The van der Waals surface area contributed by atoms with Crippen LogP contribution in [0.3, 0.4) is 0 Å². The summed E-state index contributed by atoms with van der Waals surface area (Å²) in [5, 5.41) is 12.8. The molecule has 0 bridgehead atoms. The highest BCUT2D eigenvalue weighted by Crippen LogP contribution is 2.41. The van der Waals surface area contributed by atoms with Crippen molar-refractivity contribution in [2.75, 3.05) is 20.8 Å². The van der Waals surface area contributed by atoms with Crippen LogP contribution in [-0.4, -0.2) is 30.8 Å². The molecule has 1 atom stereocenters. The van der Waals surface area contributed by atoms with Crippen LogP contribution in [0, 0.1) is 0 Å². The van der Waals surface area contributed by atoms with Crippen LogP contribution in [-0.2, 0) is 6.54 Å². The van der Waals surface area contributed by atoms with Crippen LogP contribution in [0.15, 0.2) is 54.6 Å². The molecule has 0 unspecified atom stereocenters. The molecule has 27 heavy (non-hydrogen) atoms. The Bertz CT molecular complexity index is 954. The van der Waals surface area contributed by atoms with E-state index >= 15 is 0 Å². The Morgan fingerprint density at radius 1 is 1.04 bits per heavy atom. The molecule has 1 N–H and O–H groups in total. The third-order valence-electron chi connectivity index (χ3n) is 5.54. The Balaban J connectivity index is 1.71. The van der Waals surface area contributed by atoms with E-state index in [1.165, 1.54) is 0 Å². The van der Waals surface area contributed by atoms with E-state index in [1.54, 1.807) is 20.3 Å². The normalized spacial score (nSPS) is 17.3. The second-order valence-corrected chi connectivity index (χ2v) is 7.02. The average molecular weight is 363 g/mol. The smallest absolute Gasteiger partial charge is 0.123 e. The Hall–Kier alpha value is -2.72. The largest absolute Gasteiger partial charge is 0.508 e. The summed E-state index contributed by atoms with van der Waals surface area (Å²) in [7, 11) is 3.40. The zero-order valence-corrected chi connectivity index (χ0v) is 15.8. The molecule has 3 aromatic carbocycles. The van der Waals surface area contributed by atoms with Gasteiger partial charge in [-0.15, -0.1) is 0 Å². The highest BCUT2D eigenvalue weighted by Gasteiger charge is 2.29. The number of hydrogen-bond acceptors (Lipinski definition) is 4. The molecule has 0 aromatic heterocycles. The zero-order chi connectivity index (χ0) is 18.8. The van der Waals surface area contributed by atoms with E-state index in [9.17, 15) is 5.11 Å². The van der Waals surface area contributed by atoms with Crippen LogP contribution in [0.4, 0.5) is 0 Å². The molecule has 140 valence electrons. The Labute approximate surface area is 160 Å². The van der Waals surface area contributed by atoms with Crippen molar-refractivity contribution in [3.63, 3.8) is 0 Å². The maximum atomic E-state index is 10.5. The monoisotopic (exact) mass is 363 g/mol. The number of ether oxygens (including phenoxy) is 2. The van der Waals surface area contributed by atoms with Gasteiger partial charge < -0.3 is 14.6 Å². The number of fused-ring (bicyclic) bond motifs is 1. The lowest BCUT2D eigenvalue weighted by Gasteiger charge is -2.27. The summed E-state index contributed by atoms with van der Waals surface area (Å²) in [6.07, 6.45) is 2.19. The lowest BCUT2D eigenvalue weighted by molar-refractivity contribution is 0.240. The van der Waals surface area contributed by atoms with Crippen molar-refractivity contribution >= 4 is 10.8 Å². The number of aromatic hydroxyl groups is 1. The van der Waals surface area contributed by atoms with E-state index in [1.807, 2.05) is 30.3 Å². The van der Waals surface area contributed by atoms with Crippen molar-refractivity contribution in [1.29, 1.82) is 0 Å². The number of phenolic OH excluding ortho intramolecular Hbond substituents is 1. The van der Waals surface area contributed by atoms with Crippen LogP contribution < -0.4 is 9.47 Å². The molecule has 1 aliphatic heterocycles. The van der Waals surface area contributed by atoms with Gasteiger partial charge in [0.15, 0.2) is 0 Å². The summed E-state index contributed by atoms with van der Waals surface area (Å²) in [6, 6.07) is 18.2. The number of phenols is 1. The second kappa shape index (κ2) is 7.49. The molecule has 4 nitrogen and oxygen atoms in total. The van der Waals surface area contributed by atoms with Gasteiger partial charge in [-0.2, -0.15) is 0 Å². The fourth-order valence-electron chi connectivity index (χ4n) is 4.16. The van der Waals surface area contributed by atoms with E-state index in [4.69, 9.17) is 9.47 Å². The van der Waals surface area contributed by atoms with Crippen LogP contribution in [0.1, 0.15) is 30.0 Å². The first kappa shape index (κ1) is 17.7. The summed E-state index contributed by atoms with van der Waals surface area (Å²) in [5.74, 6) is 2.08. The first-order chi connectivity index (χ1) is 13.2. The quantitative estimate of drug-likeness (QED) is 0.700. The number of benzene rings is 3. The molecule has 0 spiro atoms. The third-order valence-corrected chi connectivity index (χ3v) is 5.54. The van der Waals surface area contributed by atoms with Gasteiger partial charge in [0.2, 0.25) is 0 Å². The van der Waals surface area contributed by atoms with Crippen molar-refractivity contribution in [3.05, 3.63) is 65.7 Å². The maximum absolute atomic E-state index is 10.5. The van der Waals surface area contributed by atoms with Gasteiger partial charge in [-0.1, -0.05) is 30.3 Å². The van der Waals surface area contributed by atoms with Gasteiger partial charge >= 0.3 is 0 Å².